The smallest absolute Gasteiger partial charge is 0.218 e. The summed E-state index contributed by atoms with van der Waals surface area (Å²) in [6.07, 6.45) is 4.74. The van der Waals surface area contributed by atoms with E-state index >= 15 is 0 Å². The van der Waals surface area contributed by atoms with Gasteiger partial charge in [-0.15, -0.1) is 5.10 Å². The topological polar surface area (TPSA) is 85.9 Å². The predicted molar refractivity (Wildman–Crippen MR) is 144 cm³/mol. The largest absolute Gasteiger partial charge is 0.481 e. The van der Waals surface area contributed by atoms with Crippen LogP contribution in [0.5, 0.6) is 5.88 Å². The third-order valence-corrected chi connectivity index (χ3v) is 8.60. The Kier molecular flexibility index (Phi) is 6.94. The Labute approximate surface area is 220 Å². The van der Waals surface area contributed by atoms with Crippen LogP contribution in [0.3, 0.4) is 0 Å². The Morgan fingerprint density at radius 2 is 1.94 bits per heavy atom. The van der Waals surface area contributed by atoms with Gasteiger partial charge in [0, 0.05) is 34.9 Å². The normalized spacial score (nSPS) is 16.3. The molecule has 4 aromatic rings. The van der Waals surface area contributed by atoms with Crippen LogP contribution in [-0.2, 0) is 19.1 Å². The van der Waals surface area contributed by atoms with Gasteiger partial charge in [-0.25, -0.2) is 9.67 Å². The number of aliphatic hydroxyl groups is 1. The van der Waals surface area contributed by atoms with Gasteiger partial charge in [0.05, 0.1) is 29.5 Å². The van der Waals surface area contributed by atoms with Crippen LogP contribution < -0.4 is 4.74 Å². The Hall–Kier alpha value is -2.68. The second-order valence-corrected chi connectivity index (χ2v) is 11.0. The summed E-state index contributed by atoms with van der Waals surface area (Å²) in [4.78, 5) is 9.41. The lowest BCUT2D eigenvalue weighted by Gasteiger charge is -2.30. The van der Waals surface area contributed by atoms with Crippen molar-refractivity contribution in [2.24, 2.45) is 13.0 Å². The van der Waals surface area contributed by atoms with Crippen LogP contribution in [0.15, 0.2) is 36.5 Å². The first-order valence-corrected chi connectivity index (χ1v) is 13.6. The molecular weight excluding hydrogens is 494 g/mol. The zero-order valence-corrected chi connectivity index (χ0v) is 22.5. The number of aryl methyl sites for hydroxylation is 3. The summed E-state index contributed by atoms with van der Waals surface area (Å²) in [5.41, 5.74) is 3.55. The van der Waals surface area contributed by atoms with E-state index < -0.39 is 5.60 Å². The lowest BCUT2D eigenvalue weighted by molar-refractivity contribution is 0.115. The van der Waals surface area contributed by atoms with E-state index in [4.69, 9.17) is 21.3 Å². The quantitative estimate of drug-likeness (QED) is 0.380. The minimum absolute atomic E-state index is 0.535. The maximum absolute atomic E-state index is 12.4. The molecule has 7 nitrogen and oxygen atoms in total. The fraction of sp³-hybridized carbons (Fsp3) is 0.407. The summed E-state index contributed by atoms with van der Waals surface area (Å²) in [5, 5.41) is 22.0. The SMILES string of the molecule is COc1nc2ccc(C(O)(c3ccc(C)nc3C)c3cnnn3C)cc2c(Cl)c1CC1CCSCC1. The number of hydrogen-bond donors (Lipinski definition) is 1. The predicted octanol–water partition coefficient (Wildman–Crippen LogP) is 5.01. The van der Waals surface area contributed by atoms with E-state index in [1.54, 1.807) is 25.0 Å². The molecule has 0 spiro atoms. The summed E-state index contributed by atoms with van der Waals surface area (Å²) in [5.74, 6) is 3.47. The van der Waals surface area contributed by atoms with Crippen LogP contribution in [-0.4, -0.2) is 48.7 Å². The van der Waals surface area contributed by atoms with Crippen molar-refractivity contribution < 1.29 is 9.84 Å². The first kappa shape index (κ1) is 25.0. The Balaban J connectivity index is 1.70. The first-order chi connectivity index (χ1) is 17.3. The number of ether oxygens (including phenoxy) is 1. The molecule has 9 heteroatoms. The number of aromatic nitrogens is 5. The van der Waals surface area contributed by atoms with Crippen LogP contribution >= 0.6 is 23.4 Å². The van der Waals surface area contributed by atoms with Crippen LogP contribution in [0.25, 0.3) is 10.9 Å². The minimum Gasteiger partial charge on any atom is -0.481 e. The molecule has 3 aromatic heterocycles. The number of hydrogen-bond acceptors (Lipinski definition) is 7. The maximum atomic E-state index is 12.4. The molecule has 5 rings (SSSR count). The van der Waals surface area contributed by atoms with Gasteiger partial charge in [-0.2, -0.15) is 11.8 Å². The van der Waals surface area contributed by atoms with Gasteiger partial charge in [0.1, 0.15) is 0 Å². The number of fused-ring (bicyclic) bond motifs is 1. The fourth-order valence-electron chi connectivity index (χ4n) is 5.18. The zero-order chi connectivity index (χ0) is 25.4. The van der Waals surface area contributed by atoms with E-state index in [-0.39, 0.29) is 0 Å². The standard InChI is InChI=1S/C27H30ClN5O2S/c1-16-5-7-22(17(2)30-16)27(34,24-15-29-32-33(24)3)19-6-8-23-20(14-19)25(28)21(26(31-23)35-4)13-18-9-11-36-12-10-18/h5-8,14-15,18,34H,9-13H2,1-4H3. The maximum Gasteiger partial charge on any atom is 0.218 e. The molecule has 1 aliphatic heterocycles. The summed E-state index contributed by atoms with van der Waals surface area (Å²) in [6, 6.07) is 9.49. The van der Waals surface area contributed by atoms with E-state index in [0.29, 0.717) is 39.2 Å². The van der Waals surface area contributed by atoms with Gasteiger partial charge in [0.25, 0.3) is 0 Å². The fourth-order valence-corrected chi connectivity index (χ4v) is 6.69. The number of rotatable bonds is 6. The molecule has 1 saturated heterocycles. The number of methoxy groups -OCH3 is 1. The molecule has 188 valence electrons. The molecule has 1 unspecified atom stereocenters. The van der Waals surface area contributed by atoms with Crippen LogP contribution in [0.4, 0.5) is 0 Å². The number of nitrogens with zero attached hydrogens (tertiary/aromatic N) is 5. The van der Waals surface area contributed by atoms with Gasteiger partial charge < -0.3 is 9.84 Å². The molecule has 0 aliphatic carbocycles. The number of halogens is 1. The molecule has 1 aliphatic rings. The van der Waals surface area contributed by atoms with Crippen molar-refractivity contribution in [3.05, 3.63) is 75.3 Å². The van der Waals surface area contributed by atoms with Gasteiger partial charge in [-0.3, -0.25) is 4.98 Å². The molecule has 0 radical (unpaired) electrons. The van der Waals surface area contributed by atoms with Gasteiger partial charge in [0.2, 0.25) is 5.88 Å². The second kappa shape index (κ2) is 10.00. The zero-order valence-electron chi connectivity index (χ0n) is 21.0. The number of pyridine rings is 2. The van der Waals surface area contributed by atoms with Crippen LogP contribution in [0, 0.1) is 19.8 Å². The molecule has 0 amide bonds. The average molecular weight is 524 g/mol. The summed E-state index contributed by atoms with van der Waals surface area (Å²) in [7, 11) is 3.41. The Bertz CT molecular complexity index is 1420. The number of thioether (sulfide) groups is 1. The molecule has 36 heavy (non-hydrogen) atoms. The molecule has 0 saturated carbocycles. The third-order valence-electron chi connectivity index (χ3n) is 7.12. The monoisotopic (exact) mass is 523 g/mol. The van der Waals surface area contributed by atoms with Crippen LogP contribution in [0.1, 0.15) is 46.6 Å². The molecule has 1 aromatic carbocycles. The second-order valence-electron chi connectivity index (χ2n) is 9.44. The summed E-state index contributed by atoms with van der Waals surface area (Å²) in [6.45, 7) is 3.83. The number of benzene rings is 1. The van der Waals surface area contributed by atoms with Crippen molar-refractivity contribution in [3.8, 4) is 5.88 Å². The summed E-state index contributed by atoms with van der Waals surface area (Å²) < 4.78 is 7.25. The van der Waals surface area contributed by atoms with Gasteiger partial charge >= 0.3 is 0 Å². The molecule has 1 atom stereocenters. The Morgan fingerprint density at radius 3 is 2.61 bits per heavy atom. The van der Waals surface area contributed by atoms with E-state index in [1.807, 2.05) is 55.9 Å². The molecule has 0 bridgehead atoms. The minimum atomic E-state index is -1.54. The van der Waals surface area contributed by atoms with Crippen molar-refractivity contribution in [3.63, 3.8) is 0 Å². The van der Waals surface area contributed by atoms with Crippen molar-refractivity contribution in [2.75, 3.05) is 18.6 Å². The van der Waals surface area contributed by atoms with Crippen molar-refractivity contribution in [2.45, 2.75) is 38.7 Å². The lowest BCUT2D eigenvalue weighted by atomic mass is 9.82. The highest BCUT2D eigenvalue weighted by Gasteiger charge is 2.39. The molecule has 1 fully saturated rings. The summed E-state index contributed by atoms with van der Waals surface area (Å²) >= 11 is 9.08. The third kappa shape index (κ3) is 4.35. The van der Waals surface area contributed by atoms with E-state index in [2.05, 4.69) is 15.3 Å². The van der Waals surface area contributed by atoms with Crippen molar-refractivity contribution >= 4 is 34.3 Å². The van der Waals surface area contributed by atoms with Gasteiger partial charge in [-0.1, -0.05) is 28.9 Å². The Morgan fingerprint density at radius 1 is 1.17 bits per heavy atom. The van der Waals surface area contributed by atoms with Crippen LogP contribution in [0.2, 0.25) is 5.02 Å². The highest BCUT2D eigenvalue weighted by molar-refractivity contribution is 7.99. The van der Waals surface area contributed by atoms with Crippen molar-refractivity contribution in [1.82, 2.24) is 25.0 Å². The average Bonchev–Trinajstić information content (AvgIpc) is 3.32. The van der Waals surface area contributed by atoms with E-state index in [9.17, 15) is 5.11 Å². The van der Waals surface area contributed by atoms with Crippen molar-refractivity contribution in [1.29, 1.82) is 0 Å². The molecule has 4 heterocycles. The van der Waals surface area contributed by atoms with Gasteiger partial charge in [-0.05, 0) is 74.3 Å². The molecular formula is C27H30ClN5O2S. The molecule has 1 N–H and O–H groups in total. The van der Waals surface area contributed by atoms with E-state index in [0.717, 1.165) is 41.6 Å². The van der Waals surface area contributed by atoms with E-state index in [1.165, 1.54) is 11.5 Å². The first-order valence-electron chi connectivity index (χ1n) is 12.1. The highest BCUT2D eigenvalue weighted by Crippen LogP contribution is 2.41. The lowest BCUT2D eigenvalue weighted by Crippen LogP contribution is -2.32. The van der Waals surface area contributed by atoms with Gasteiger partial charge in [0.15, 0.2) is 5.60 Å². The highest BCUT2D eigenvalue weighted by atomic mass is 35.5.